The van der Waals surface area contributed by atoms with Crippen molar-refractivity contribution < 1.29 is 14.6 Å². The van der Waals surface area contributed by atoms with Crippen molar-refractivity contribution in [2.75, 3.05) is 7.11 Å². The molecule has 1 unspecified atom stereocenters. The quantitative estimate of drug-likeness (QED) is 0.890. The number of hydrogen-bond donors (Lipinski definition) is 2. The van der Waals surface area contributed by atoms with E-state index in [2.05, 4.69) is 0 Å². The molecule has 1 aliphatic heterocycles. The van der Waals surface area contributed by atoms with Crippen molar-refractivity contribution in [2.24, 2.45) is 5.73 Å². The first kappa shape index (κ1) is 14.0. The summed E-state index contributed by atoms with van der Waals surface area (Å²) in [5.74, 6) is 1.26. The minimum absolute atomic E-state index is 0.0917. The minimum Gasteiger partial charge on any atom is -0.504 e. The normalized spacial score (nSPS) is 20.5. The van der Waals surface area contributed by atoms with Crippen LogP contribution in [0.3, 0.4) is 0 Å². The van der Waals surface area contributed by atoms with Crippen LogP contribution in [0.4, 0.5) is 0 Å². The maximum atomic E-state index is 9.89. The highest BCUT2D eigenvalue weighted by Crippen LogP contribution is 2.42. The van der Waals surface area contributed by atoms with Gasteiger partial charge >= 0.3 is 0 Å². The van der Waals surface area contributed by atoms with Crippen molar-refractivity contribution in [3.05, 3.63) is 52.5 Å². The molecule has 2 aromatic rings. The predicted octanol–water partition coefficient (Wildman–Crippen LogP) is 3.58. The molecule has 2 aromatic carbocycles. The number of phenolic OH excluding ortho intramolecular Hbond substituents is 1. The second-order valence-electron chi connectivity index (χ2n) is 5.06. The number of fused-ring (bicyclic) bond motifs is 1. The molecule has 0 saturated carbocycles. The first-order chi connectivity index (χ1) is 10.1. The molecule has 21 heavy (non-hydrogen) atoms. The summed E-state index contributed by atoms with van der Waals surface area (Å²) < 4.78 is 11.0. The SMILES string of the molecule is COc1ccc(C2C[C@H](N)c3cc(Cl)ccc3O2)cc1O. The zero-order valence-electron chi connectivity index (χ0n) is 11.5. The zero-order valence-corrected chi connectivity index (χ0v) is 12.3. The largest absolute Gasteiger partial charge is 0.504 e. The lowest BCUT2D eigenvalue weighted by molar-refractivity contribution is 0.161. The fourth-order valence-corrected chi connectivity index (χ4v) is 2.77. The molecule has 3 rings (SSSR count). The standard InChI is InChI=1S/C16H16ClNO3/c1-20-15-4-2-9(6-13(15)19)16-8-12(18)11-7-10(17)3-5-14(11)21-16/h2-7,12,16,19H,8,18H2,1H3/t12-,16?/m0/s1. The first-order valence-electron chi connectivity index (χ1n) is 6.67. The zero-order chi connectivity index (χ0) is 15.0. The molecule has 0 spiro atoms. The van der Waals surface area contributed by atoms with E-state index < -0.39 is 0 Å². The fourth-order valence-electron chi connectivity index (χ4n) is 2.59. The lowest BCUT2D eigenvalue weighted by Crippen LogP contribution is -2.24. The summed E-state index contributed by atoms with van der Waals surface area (Å²) in [6.45, 7) is 0. The van der Waals surface area contributed by atoms with Gasteiger partial charge in [0.05, 0.1) is 7.11 Å². The summed E-state index contributed by atoms with van der Waals surface area (Å²) in [7, 11) is 1.52. The van der Waals surface area contributed by atoms with E-state index in [9.17, 15) is 5.11 Å². The molecule has 0 radical (unpaired) electrons. The van der Waals surface area contributed by atoms with E-state index in [0.717, 1.165) is 16.9 Å². The highest BCUT2D eigenvalue weighted by molar-refractivity contribution is 6.30. The number of methoxy groups -OCH3 is 1. The van der Waals surface area contributed by atoms with E-state index in [-0.39, 0.29) is 17.9 Å². The van der Waals surface area contributed by atoms with Crippen LogP contribution in [0.1, 0.15) is 29.7 Å². The highest BCUT2D eigenvalue weighted by atomic mass is 35.5. The molecule has 0 amide bonds. The maximum Gasteiger partial charge on any atom is 0.160 e. The molecule has 1 aliphatic rings. The topological polar surface area (TPSA) is 64.7 Å². The van der Waals surface area contributed by atoms with E-state index in [1.807, 2.05) is 18.2 Å². The van der Waals surface area contributed by atoms with Crippen LogP contribution in [0.25, 0.3) is 0 Å². The summed E-state index contributed by atoms with van der Waals surface area (Å²) in [6.07, 6.45) is 0.421. The number of benzene rings is 2. The molecule has 3 N–H and O–H groups in total. The van der Waals surface area contributed by atoms with Gasteiger partial charge in [0.1, 0.15) is 11.9 Å². The molecule has 0 aliphatic carbocycles. The number of ether oxygens (including phenoxy) is 2. The Morgan fingerprint density at radius 2 is 2.10 bits per heavy atom. The van der Waals surface area contributed by atoms with Gasteiger partial charge in [-0.25, -0.2) is 0 Å². The molecule has 110 valence electrons. The Balaban J connectivity index is 1.92. The molecule has 5 heteroatoms. The summed E-state index contributed by atoms with van der Waals surface area (Å²) in [5, 5.41) is 10.5. The van der Waals surface area contributed by atoms with Crippen molar-refractivity contribution in [3.8, 4) is 17.2 Å². The van der Waals surface area contributed by atoms with Gasteiger partial charge in [-0.15, -0.1) is 0 Å². The number of aromatic hydroxyl groups is 1. The Labute approximate surface area is 128 Å². The molecular formula is C16H16ClNO3. The smallest absolute Gasteiger partial charge is 0.160 e. The Hall–Kier alpha value is -1.91. The van der Waals surface area contributed by atoms with Gasteiger partial charge in [-0.2, -0.15) is 0 Å². The summed E-state index contributed by atoms with van der Waals surface area (Å²) in [4.78, 5) is 0. The summed E-state index contributed by atoms with van der Waals surface area (Å²) >= 11 is 5.99. The Morgan fingerprint density at radius 1 is 1.29 bits per heavy atom. The van der Waals surface area contributed by atoms with Crippen LogP contribution >= 0.6 is 11.6 Å². The van der Waals surface area contributed by atoms with E-state index in [1.165, 1.54) is 7.11 Å². The first-order valence-corrected chi connectivity index (χ1v) is 7.05. The molecule has 0 fully saturated rings. The van der Waals surface area contributed by atoms with Crippen molar-refractivity contribution in [2.45, 2.75) is 18.6 Å². The molecule has 1 heterocycles. The average molecular weight is 306 g/mol. The molecule has 4 nitrogen and oxygen atoms in total. The van der Waals surface area contributed by atoms with Crippen LogP contribution in [0.15, 0.2) is 36.4 Å². The number of halogens is 1. The third-order valence-electron chi connectivity index (χ3n) is 3.68. The van der Waals surface area contributed by atoms with E-state index in [0.29, 0.717) is 17.2 Å². The molecule has 0 bridgehead atoms. The minimum atomic E-state index is -0.203. The number of rotatable bonds is 2. The Bertz CT molecular complexity index is 675. The van der Waals surface area contributed by atoms with Crippen molar-refractivity contribution in [3.63, 3.8) is 0 Å². The van der Waals surface area contributed by atoms with Gasteiger partial charge in [0.15, 0.2) is 11.5 Å². The Kier molecular flexibility index (Phi) is 3.66. The van der Waals surface area contributed by atoms with E-state index in [1.54, 1.807) is 18.2 Å². The van der Waals surface area contributed by atoms with Crippen molar-refractivity contribution in [1.29, 1.82) is 0 Å². The lowest BCUT2D eigenvalue weighted by atomic mass is 9.93. The fraction of sp³-hybridized carbons (Fsp3) is 0.250. The molecular weight excluding hydrogens is 290 g/mol. The van der Waals surface area contributed by atoms with Crippen LogP contribution < -0.4 is 15.2 Å². The van der Waals surface area contributed by atoms with E-state index >= 15 is 0 Å². The van der Waals surface area contributed by atoms with Crippen molar-refractivity contribution >= 4 is 11.6 Å². The summed E-state index contributed by atoms with van der Waals surface area (Å²) in [6, 6.07) is 10.5. The van der Waals surface area contributed by atoms with Gasteiger partial charge in [0.25, 0.3) is 0 Å². The third kappa shape index (κ3) is 2.64. The predicted molar refractivity (Wildman–Crippen MR) is 81.0 cm³/mol. The van der Waals surface area contributed by atoms with Crippen LogP contribution in [-0.2, 0) is 0 Å². The van der Waals surface area contributed by atoms with Gasteiger partial charge in [-0.05, 0) is 35.9 Å². The monoisotopic (exact) mass is 305 g/mol. The van der Waals surface area contributed by atoms with Gasteiger partial charge in [0, 0.05) is 23.0 Å². The van der Waals surface area contributed by atoms with Gasteiger partial charge in [-0.3, -0.25) is 0 Å². The molecule has 2 atom stereocenters. The third-order valence-corrected chi connectivity index (χ3v) is 3.92. The number of hydrogen-bond acceptors (Lipinski definition) is 4. The van der Waals surface area contributed by atoms with Crippen LogP contribution in [0.2, 0.25) is 5.02 Å². The molecule has 0 aromatic heterocycles. The number of phenols is 1. The Morgan fingerprint density at radius 3 is 2.81 bits per heavy atom. The number of nitrogens with two attached hydrogens (primary N) is 1. The van der Waals surface area contributed by atoms with Crippen molar-refractivity contribution in [1.82, 2.24) is 0 Å². The lowest BCUT2D eigenvalue weighted by Gasteiger charge is -2.30. The second kappa shape index (κ2) is 5.47. The van der Waals surface area contributed by atoms with Gasteiger partial charge in [-0.1, -0.05) is 17.7 Å². The highest BCUT2D eigenvalue weighted by Gasteiger charge is 2.27. The van der Waals surface area contributed by atoms with Crippen LogP contribution in [0.5, 0.6) is 17.2 Å². The van der Waals surface area contributed by atoms with E-state index in [4.69, 9.17) is 26.8 Å². The molecule has 0 saturated heterocycles. The average Bonchev–Trinajstić information content (AvgIpc) is 2.47. The van der Waals surface area contributed by atoms with Gasteiger partial charge < -0.3 is 20.3 Å². The van der Waals surface area contributed by atoms with Gasteiger partial charge in [0.2, 0.25) is 0 Å². The van der Waals surface area contributed by atoms with Crippen LogP contribution in [-0.4, -0.2) is 12.2 Å². The van der Waals surface area contributed by atoms with Crippen LogP contribution in [0, 0.1) is 0 Å². The summed E-state index contributed by atoms with van der Waals surface area (Å²) in [5.41, 5.74) is 7.99. The maximum absolute atomic E-state index is 9.89. The second-order valence-corrected chi connectivity index (χ2v) is 5.50.